The molecule has 6 aromatic carbocycles. The molecule has 0 saturated carbocycles. The minimum atomic E-state index is -0.447. The molecule has 0 amide bonds. The zero-order valence-corrected chi connectivity index (χ0v) is 51.7. The SMILES string of the molecule is CC#N.CC#N.CC#N.CC#N.CC(C)(C)c1cc2c(O)c(c1)Cc1cc(C(C)(C)C)cc(c1OCCOc1ccc([N+](=O)[O-])cc1)Cc1cc(C(C)(C)C)cc(c1O)Cc1cc(C(C)(C)C)cc(c1OCCOc1ccc([N+](=O)[O-])cc1)C2. The van der Waals surface area contributed by atoms with Gasteiger partial charge in [0.1, 0.15) is 60.9 Å². The van der Waals surface area contributed by atoms with Crippen LogP contribution in [0.1, 0.15) is 178 Å². The number of phenolic OH excluding ortho intramolecular Hbond substituents is 2. The average Bonchev–Trinajstić information content (AvgIpc) is 1.15. The molecule has 0 aliphatic heterocycles. The fourth-order valence-electron chi connectivity index (χ4n) is 8.95. The van der Waals surface area contributed by atoms with Crippen LogP contribution in [-0.4, -0.2) is 46.5 Å². The molecule has 8 bridgehead atoms. The highest BCUT2D eigenvalue weighted by Crippen LogP contribution is 2.44. The van der Waals surface area contributed by atoms with Gasteiger partial charge in [0.2, 0.25) is 0 Å². The number of non-ortho nitro benzene ring substituents is 2. The van der Waals surface area contributed by atoms with Gasteiger partial charge in [-0.3, -0.25) is 20.2 Å². The first-order valence-corrected chi connectivity index (χ1v) is 27.6. The quantitative estimate of drug-likeness (QED) is 0.0655. The zero-order valence-electron chi connectivity index (χ0n) is 51.7. The van der Waals surface area contributed by atoms with E-state index in [1.165, 1.54) is 52.0 Å². The first-order valence-electron chi connectivity index (χ1n) is 27.6. The number of rotatable bonds is 12. The second-order valence-corrected chi connectivity index (χ2v) is 24.0. The Labute approximate surface area is 496 Å². The van der Waals surface area contributed by atoms with E-state index in [0.29, 0.717) is 48.7 Å². The fourth-order valence-corrected chi connectivity index (χ4v) is 8.95. The van der Waals surface area contributed by atoms with Gasteiger partial charge < -0.3 is 29.2 Å². The molecule has 16 nitrogen and oxygen atoms in total. The molecule has 16 heteroatoms. The van der Waals surface area contributed by atoms with Crippen LogP contribution >= 0.6 is 0 Å². The topological polar surface area (TPSA) is 259 Å². The van der Waals surface area contributed by atoms with Gasteiger partial charge in [-0.25, -0.2) is 0 Å². The maximum Gasteiger partial charge on any atom is 0.269 e. The summed E-state index contributed by atoms with van der Waals surface area (Å²) in [5.41, 5.74) is 9.49. The lowest BCUT2D eigenvalue weighted by atomic mass is 9.79. The Morgan fingerprint density at radius 3 is 0.774 bits per heavy atom. The van der Waals surface area contributed by atoms with Crippen molar-refractivity contribution in [3.63, 3.8) is 0 Å². The van der Waals surface area contributed by atoms with Crippen LogP contribution in [0.4, 0.5) is 11.4 Å². The summed E-state index contributed by atoms with van der Waals surface area (Å²) in [6, 6.07) is 36.0. The molecule has 1 aliphatic rings. The molecule has 2 N–H and O–H groups in total. The Morgan fingerprint density at radius 1 is 0.393 bits per heavy atom. The number of nitro benzene ring substituents is 2. The normalized spacial score (nSPS) is 11.6. The lowest BCUT2D eigenvalue weighted by Crippen LogP contribution is -2.18. The molecule has 6 aromatic rings. The van der Waals surface area contributed by atoms with Crippen LogP contribution in [0, 0.1) is 65.6 Å². The van der Waals surface area contributed by atoms with Crippen LogP contribution in [0.3, 0.4) is 0 Å². The molecule has 1 aliphatic carbocycles. The summed E-state index contributed by atoms with van der Waals surface area (Å²) in [7, 11) is 0. The second kappa shape index (κ2) is 30.8. The maximum atomic E-state index is 12.6. The molecule has 0 aromatic heterocycles. The van der Waals surface area contributed by atoms with Gasteiger partial charge in [0.25, 0.3) is 11.4 Å². The maximum absolute atomic E-state index is 12.6. The standard InChI is InChI=1S/C60H70N2O10.4C2H3N/c1-57(2,3)45-29-37-25-41-33-47(59(7,8)9)35-43(55(41)71-23-21-69-51-17-13-49(14-18-51)61(65)66)27-39-31-46(58(4,5)6)32-40(54(39)64)28-44-36-48(60(10,11)12)34-42(26-38(30-45)53(37)63)56(44)72-24-22-70-52-19-15-50(16-20-52)62(67)68;4*1-2-3/h13-20,29-36,63-64H,21-28H2,1-12H3;4*1H3. The van der Waals surface area contributed by atoms with E-state index in [9.17, 15) is 30.4 Å². The van der Waals surface area contributed by atoms with Crippen LogP contribution in [-0.2, 0) is 47.3 Å². The molecule has 0 saturated heterocycles. The Hall–Kier alpha value is -9.12. The highest BCUT2D eigenvalue weighted by molar-refractivity contribution is 5.59. The van der Waals surface area contributed by atoms with Gasteiger partial charge >= 0.3 is 0 Å². The molecule has 0 spiro atoms. The predicted octanol–water partition coefficient (Wildman–Crippen LogP) is 15.8. The molecule has 0 heterocycles. The highest BCUT2D eigenvalue weighted by atomic mass is 16.6. The third-order valence-corrected chi connectivity index (χ3v) is 13.3. The summed E-state index contributed by atoms with van der Waals surface area (Å²) in [5, 5.41) is 77.2. The van der Waals surface area contributed by atoms with E-state index < -0.39 is 9.85 Å². The van der Waals surface area contributed by atoms with Crippen LogP contribution in [0.15, 0.2) is 97.1 Å². The number of ether oxygens (including phenoxy) is 4. The van der Waals surface area contributed by atoms with Gasteiger partial charge in [-0.2, -0.15) is 21.0 Å². The van der Waals surface area contributed by atoms with Gasteiger partial charge in [0.05, 0.1) is 34.1 Å². The van der Waals surface area contributed by atoms with E-state index in [-0.39, 0.29) is 71.0 Å². The molecule has 0 unspecified atom stereocenters. The summed E-state index contributed by atoms with van der Waals surface area (Å²) in [6.45, 7) is 32.4. The summed E-state index contributed by atoms with van der Waals surface area (Å²) >= 11 is 0. The Balaban J connectivity index is 0.00000142. The first kappa shape index (κ1) is 69.2. The average molecular weight is 1140 g/mol. The minimum Gasteiger partial charge on any atom is -0.507 e. The van der Waals surface area contributed by atoms with E-state index in [4.69, 9.17) is 40.0 Å². The Kier molecular flexibility index (Phi) is 25.4. The number of nitrogens with zero attached hydrogens (tertiary/aromatic N) is 6. The second-order valence-electron chi connectivity index (χ2n) is 24.0. The third kappa shape index (κ3) is 20.1. The van der Waals surface area contributed by atoms with Crippen LogP contribution in [0.25, 0.3) is 0 Å². The minimum absolute atomic E-state index is 0.0258. The van der Waals surface area contributed by atoms with Crippen LogP contribution < -0.4 is 18.9 Å². The van der Waals surface area contributed by atoms with Crippen molar-refractivity contribution in [3.8, 4) is 58.8 Å². The van der Waals surface area contributed by atoms with Crippen molar-refractivity contribution in [2.24, 2.45) is 0 Å². The fraction of sp³-hybridized carbons (Fsp3) is 0.412. The number of benzene rings is 6. The summed E-state index contributed by atoms with van der Waals surface area (Å²) in [6.07, 6.45) is 1.31. The number of nitro groups is 2. The van der Waals surface area contributed by atoms with Gasteiger partial charge in [-0.1, -0.05) is 132 Å². The third-order valence-electron chi connectivity index (χ3n) is 13.3. The van der Waals surface area contributed by atoms with Crippen LogP contribution in [0.2, 0.25) is 0 Å². The van der Waals surface area contributed by atoms with Crippen molar-refractivity contribution in [2.75, 3.05) is 26.4 Å². The van der Waals surface area contributed by atoms with Gasteiger partial charge in [0, 0.05) is 77.6 Å². The molecular formula is C68H82N6O10. The molecule has 84 heavy (non-hydrogen) atoms. The van der Waals surface area contributed by atoms with E-state index >= 15 is 0 Å². The smallest absolute Gasteiger partial charge is 0.269 e. The van der Waals surface area contributed by atoms with Crippen LogP contribution in [0.5, 0.6) is 34.5 Å². The lowest BCUT2D eigenvalue weighted by molar-refractivity contribution is -0.385. The number of aromatic hydroxyl groups is 2. The van der Waals surface area contributed by atoms with Crippen molar-refractivity contribution in [2.45, 2.75) is 158 Å². The van der Waals surface area contributed by atoms with E-state index in [1.807, 2.05) is 0 Å². The van der Waals surface area contributed by atoms with Crippen molar-refractivity contribution < 1.29 is 39.0 Å². The predicted molar refractivity (Wildman–Crippen MR) is 328 cm³/mol. The summed E-state index contributed by atoms with van der Waals surface area (Å²) < 4.78 is 25.7. The van der Waals surface area contributed by atoms with Crippen molar-refractivity contribution in [1.82, 2.24) is 0 Å². The Morgan fingerprint density at radius 2 is 0.583 bits per heavy atom. The Bertz CT molecular complexity index is 3040. The lowest BCUT2D eigenvalue weighted by Gasteiger charge is -2.28. The van der Waals surface area contributed by atoms with Crippen molar-refractivity contribution in [1.29, 1.82) is 21.0 Å². The number of hydrogen-bond donors (Lipinski definition) is 2. The van der Waals surface area contributed by atoms with Gasteiger partial charge in [-0.15, -0.1) is 0 Å². The summed E-state index contributed by atoms with van der Waals surface area (Å²) in [5.74, 6) is 2.59. The molecule has 7 rings (SSSR count). The van der Waals surface area contributed by atoms with E-state index in [1.54, 1.807) is 48.5 Å². The monoisotopic (exact) mass is 1140 g/mol. The van der Waals surface area contributed by atoms with E-state index in [0.717, 1.165) is 66.8 Å². The number of hydrogen-bond acceptors (Lipinski definition) is 14. The molecule has 0 fully saturated rings. The molecule has 0 atom stereocenters. The van der Waals surface area contributed by atoms with E-state index in [2.05, 4.69) is 132 Å². The molecular weight excluding hydrogens is 1060 g/mol. The molecule has 444 valence electrons. The summed E-state index contributed by atoms with van der Waals surface area (Å²) in [4.78, 5) is 21.7. The number of fused-ring (bicyclic) bond motifs is 8. The first-order chi connectivity index (χ1) is 39.3. The van der Waals surface area contributed by atoms with Crippen molar-refractivity contribution in [3.05, 3.63) is 184 Å². The van der Waals surface area contributed by atoms with Gasteiger partial charge in [-0.05, 0) is 113 Å². The number of nitriles is 4. The molecule has 0 radical (unpaired) electrons. The van der Waals surface area contributed by atoms with Crippen molar-refractivity contribution >= 4 is 11.4 Å². The number of phenols is 2. The largest absolute Gasteiger partial charge is 0.507 e. The van der Waals surface area contributed by atoms with Gasteiger partial charge in [0.15, 0.2) is 0 Å². The highest BCUT2D eigenvalue weighted by Gasteiger charge is 2.29. The zero-order chi connectivity index (χ0) is 63.3.